The zero-order chi connectivity index (χ0) is 52.3. The third-order valence-electron chi connectivity index (χ3n) is 8.38. The van der Waals surface area contributed by atoms with E-state index in [9.17, 15) is 33.1 Å². The van der Waals surface area contributed by atoms with Crippen LogP contribution < -0.4 is 11.1 Å². The van der Waals surface area contributed by atoms with E-state index >= 15 is 0 Å². The molecule has 0 bridgehead atoms. The quantitative estimate of drug-likeness (QED) is 0.0502. The molecule has 6 heterocycles. The number of hydrogen-bond donors (Lipinski definition) is 3. The van der Waals surface area contributed by atoms with Crippen LogP contribution in [0.4, 0.5) is 19.0 Å². The van der Waals surface area contributed by atoms with Crippen molar-refractivity contribution in [1.82, 2.24) is 49.5 Å². The number of aromatic carboxylic acids is 1. The number of rotatable bonds is 19. The predicted molar refractivity (Wildman–Crippen MR) is 278 cm³/mol. The first-order valence-corrected chi connectivity index (χ1v) is 27.7. The number of ether oxygens (including phenoxy) is 2. The molecule has 1 amide bonds. The number of amides is 1. The average molecular weight is 1140 g/mol. The van der Waals surface area contributed by atoms with Crippen molar-refractivity contribution < 1.29 is 42.5 Å². The highest BCUT2D eigenvalue weighted by molar-refractivity contribution is 8.02. The number of thioether (sulfide) groups is 2. The van der Waals surface area contributed by atoms with Crippen molar-refractivity contribution in [3.63, 3.8) is 0 Å². The summed E-state index contributed by atoms with van der Waals surface area (Å²) in [7, 11) is 3.61. The number of carbonyl (C=O) groups excluding carboxylic acids is 3. The van der Waals surface area contributed by atoms with Gasteiger partial charge in [0.15, 0.2) is 26.3 Å². The lowest BCUT2D eigenvalue weighted by atomic mass is 10.3. The van der Waals surface area contributed by atoms with Gasteiger partial charge in [0.25, 0.3) is 5.91 Å². The molecule has 0 atom stereocenters. The molecule has 0 saturated heterocycles. The lowest BCUT2D eigenvalue weighted by Crippen LogP contribution is -2.15. The first-order valence-electron chi connectivity index (χ1n) is 20.9. The zero-order valence-electron chi connectivity index (χ0n) is 38.5. The molecule has 8 rings (SSSR count). The van der Waals surface area contributed by atoms with E-state index < -0.39 is 11.9 Å². The molecule has 4 N–H and O–H groups in total. The van der Waals surface area contributed by atoms with Crippen molar-refractivity contribution in [3.8, 4) is 0 Å². The van der Waals surface area contributed by atoms with E-state index in [0.717, 1.165) is 18.2 Å². The number of esters is 2. The molecule has 380 valence electrons. The van der Waals surface area contributed by atoms with Gasteiger partial charge in [0.1, 0.15) is 40.0 Å². The molecule has 19 nitrogen and oxygen atoms in total. The van der Waals surface area contributed by atoms with Crippen molar-refractivity contribution in [2.24, 2.45) is 14.1 Å². The van der Waals surface area contributed by atoms with E-state index in [-0.39, 0.29) is 40.7 Å². The van der Waals surface area contributed by atoms with E-state index in [1.807, 2.05) is 7.05 Å². The van der Waals surface area contributed by atoms with Gasteiger partial charge in [-0.1, -0.05) is 46.2 Å². The lowest BCUT2D eigenvalue weighted by Gasteiger charge is -2.10. The minimum absolute atomic E-state index is 0.0588. The molecule has 0 spiro atoms. The molecule has 0 saturated carbocycles. The van der Waals surface area contributed by atoms with Crippen LogP contribution in [0, 0.1) is 11.6 Å². The Morgan fingerprint density at radius 3 is 1.56 bits per heavy atom. The number of carboxylic acids is 1. The van der Waals surface area contributed by atoms with Crippen LogP contribution in [0.1, 0.15) is 34.8 Å². The van der Waals surface area contributed by atoms with Crippen LogP contribution in [-0.4, -0.2) is 103 Å². The summed E-state index contributed by atoms with van der Waals surface area (Å²) in [5.41, 5.74) is 5.55. The van der Waals surface area contributed by atoms with Gasteiger partial charge < -0.3 is 29.4 Å². The Morgan fingerprint density at radius 1 is 0.658 bits per heavy atom. The van der Waals surface area contributed by atoms with E-state index in [4.69, 9.17) is 15.2 Å². The Bertz CT molecular complexity index is 3120. The molecule has 8 aromatic rings. The molecule has 0 aliphatic carbocycles. The van der Waals surface area contributed by atoms with Gasteiger partial charge >= 0.3 is 17.9 Å². The first-order chi connectivity index (χ1) is 35.2. The third-order valence-corrected chi connectivity index (χ3v) is 16.5. The number of carbonyl (C=O) groups is 4. The highest BCUT2D eigenvalue weighted by Gasteiger charge is 2.20. The second-order valence-electron chi connectivity index (χ2n) is 13.7. The van der Waals surface area contributed by atoms with Gasteiger partial charge in [-0.25, -0.2) is 33.5 Å². The van der Waals surface area contributed by atoms with Gasteiger partial charge in [0.2, 0.25) is 0 Å². The number of halogens is 2. The number of pyridine rings is 2. The molecule has 6 aromatic heterocycles. The molecular weight excluding hydrogens is 1100 g/mol. The second-order valence-corrected chi connectivity index (χ2v) is 22.6. The summed E-state index contributed by atoms with van der Waals surface area (Å²) < 4.78 is 41.2. The SMILES string of the molecule is CCOC(=O)CSc1cnc(N)s1.CCOC(=O)CSc1cnc(NC(=O)c2nc(Sc3nncn3C)ccc2Sc2ccc(F)cc2)s1.Cn1cnnc1Sc1ccc(Sc2ccc(F)cc2)c(C(=O)O)n1. The number of nitrogens with one attached hydrogen (secondary N) is 1. The van der Waals surface area contributed by atoms with E-state index in [2.05, 4.69) is 45.6 Å². The van der Waals surface area contributed by atoms with Gasteiger partial charge in [-0.2, -0.15) is 0 Å². The van der Waals surface area contributed by atoms with Crippen molar-refractivity contribution in [2.75, 3.05) is 35.8 Å². The minimum atomic E-state index is -1.12. The number of hydrogen-bond acceptors (Lipinski definition) is 23. The summed E-state index contributed by atoms with van der Waals surface area (Å²) in [4.78, 5) is 66.7. The number of aryl methyl sites for hydroxylation is 2. The molecule has 0 unspecified atom stereocenters. The van der Waals surface area contributed by atoms with Crippen LogP contribution in [0.5, 0.6) is 0 Å². The minimum Gasteiger partial charge on any atom is -0.476 e. The van der Waals surface area contributed by atoms with Crippen molar-refractivity contribution in [3.05, 3.63) is 121 Å². The normalized spacial score (nSPS) is 10.7. The van der Waals surface area contributed by atoms with Gasteiger partial charge in [-0.3, -0.25) is 19.7 Å². The third kappa shape index (κ3) is 18.1. The van der Waals surface area contributed by atoms with Crippen LogP contribution in [0.15, 0.2) is 146 Å². The molecular formula is C44H40F2N12O7S8. The monoisotopic (exact) mass is 1140 g/mol. The first kappa shape index (κ1) is 56.2. The molecule has 29 heteroatoms. The summed E-state index contributed by atoms with van der Waals surface area (Å²) in [6.07, 6.45) is 6.38. The maximum atomic E-state index is 13.3. The fourth-order valence-corrected chi connectivity index (χ4v) is 11.7. The summed E-state index contributed by atoms with van der Waals surface area (Å²) in [5.74, 6) is -2.31. The predicted octanol–water partition coefficient (Wildman–Crippen LogP) is 9.75. The van der Waals surface area contributed by atoms with E-state index in [0.29, 0.717) is 59.4 Å². The molecule has 0 radical (unpaired) electrons. The van der Waals surface area contributed by atoms with Gasteiger partial charge in [-0.05, 0) is 110 Å². The Balaban J connectivity index is 0.000000201. The van der Waals surface area contributed by atoms with Crippen molar-refractivity contribution >= 4 is 127 Å². The standard InChI is InChI=1S/C22H19FN6O3S4.C15H11FN4O2S2.C7H10N2O2S2/c1-3-32-17(30)11-33-18-10-24-21(36-18)27-20(31)19-15(34-14-6-4-13(23)5-7-14)8-9-16(26-19)35-22-28-25-12-29(22)2;1-20-8-17-19-15(20)24-12-7-6-11(13(18-12)14(21)22)23-10-4-2-9(16)3-5-10;1-2-11-5(10)4-12-6-3-9-7(8)13-6/h4-10,12H,3,11H2,1-2H3,(H,24,27,31);2-8H,1H3,(H,21,22);3H,2,4H2,1H3,(H2,8,9). The Hall–Kier alpha value is -6.08. The van der Waals surface area contributed by atoms with Crippen LogP contribution in [0.2, 0.25) is 0 Å². The summed E-state index contributed by atoms with van der Waals surface area (Å²) in [5, 5.41) is 31.0. The molecule has 73 heavy (non-hydrogen) atoms. The summed E-state index contributed by atoms with van der Waals surface area (Å²) >= 11 is 10.3. The topological polar surface area (TPSA) is 258 Å². The fraction of sp³-hybridized carbons (Fsp3) is 0.182. The highest BCUT2D eigenvalue weighted by Crippen LogP contribution is 2.36. The van der Waals surface area contributed by atoms with Crippen LogP contribution in [0.3, 0.4) is 0 Å². The van der Waals surface area contributed by atoms with E-state index in [1.54, 1.807) is 104 Å². The zero-order valence-corrected chi connectivity index (χ0v) is 45.1. The van der Waals surface area contributed by atoms with Crippen molar-refractivity contribution in [2.45, 2.75) is 62.2 Å². The van der Waals surface area contributed by atoms with Gasteiger partial charge in [0, 0.05) is 33.7 Å². The Morgan fingerprint density at radius 2 is 1.12 bits per heavy atom. The Kier molecular flexibility index (Phi) is 21.9. The number of thiazole rings is 2. The largest absolute Gasteiger partial charge is 0.476 e. The fourth-order valence-electron chi connectivity index (χ4n) is 5.17. The Labute approximate surface area is 449 Å². The number of benzene rings is 2. The molecule has 2 aromatic carbocycles. The average Bonchev–Trinajstić information content (AvgIpc) is 4.20. The van der Waals surface area contributed by atoms with Crippen molar-refractivity contribution in [1.29, 1.82) is 0 Å². The van der Waals surface area contributed by atoms with Crippen LogP contribution in [-0.2, 0) is 33.2 Å². The van der Waals surface area contributed by atoms with Gasteiger partial charge in [0.05, 0.1) is 45.5 Å². The number of aromatic nitrogens is 10. The molecule has 0 aliphatic heterocycles. The van der Waals surface area contributed by atoms with Crippen LogP contribution in [0.25, 0.3) is 0 Å². The highest BCUT2D eigenvalue weighted by atomic mass is 32.2. The second kappa shape index (κ2) is 28.4. The number of nitrogen functional groups attached to an aromatic ring is 1. The number of nitrogens with two attached hydrogens (primary N) is 1. The summed E-state index contributed by atoms with van der Waals surface area (Å²) in [6, 6.07) is 18.8. The maximum absolute atomic E-state index is 13.3. The molecule has 0 fully saturated rings. The van der Waals surface area contributed by atoms with Gasteiger partial charge in [-0.15, -0.1) is 43.9 Å². The molecule has 0 aliphatic rings. The lowest BCUT2D eigenvalue weighted by molar-refractivity contribution is -0.140. The number of anilines is 2. The number of carboxylic acid groups (broad SMARTS) is 1. The van der Waals surface area contributed by atoms with E-state index in [1.165, 1.54) is 118 Å². The number of nitrogens with zero attached hydrogens (tertiary/aromatic N) is 10. The maximum Gasteiger partial charge on any atom is 0.355 e. The van der Waals surface area contributed by atoms with Crippen LogP contribution >= 0.6 is 93.2 Å². The summed E-state index contributed by atoms with van der Waals surface area (Å²) in [6.45, 7) is 4.28. The smallest absolute Gasteiger partial charge is 0.355 e.